The highest BCUT2D eigenvalue weighted by atomic mass is 16.5. The summed E-state index contributed by atoms with van der Waals surface area (Å²) in [5.41, 5.74) is 2.36. The highest BCUT2D eigenvalue weighted by molar-refractivity contribution is 5.47. The standard InChI is InChI=1S/C16H16N2O2/c1-18-10-13-4-7-16(14(8-13)9-17)20-15-5-2-12(11-19)3-6-15/h2-8,18-19H,10-11H2,1H3. The highest BCUT2D eigenvalue weighted by Gasteiger charge is 2.06. The third kappa shape index (κ3) is 3.35. The maximum atomic E-state index is 9.19. The monoisotopic (exact) mass is 268 g/mol. The van der Waals surface area contributed by atoms with Crippen molar-refractivity contribution in [2.45, 2.75) is 13.2 Å². The van der Waals surface area contributed by atoms with E-state index in [1.54, 1.807) is 30.3 Å². The van der Waals surface area contributed by atoms with Crippen LogP contribution in [0.1, 0.15) is 16.7 Å². The molecule has 0 radical (unpaired) electrons. The van der Waals surface area contributed by atoms with Gasteiger partial charge in [-0.15, -0.1) is 0 Å². The zero-order valence-electron chi connectivity index (χ0n) is 11.3. The van der Waals surface area contributed by atoms with E-state index in [2.05, 4.69) is 11.4 Å². The maximum absolute atomic E-state index is 9.19. The Morgan fingerprint density at radius 1 is 1.15 bits per heavy atom. The van der Waals surface area contributed by atoms with Gasteiger partial charge in [-0.25, -0.2) is 0 Å². The first-order chi connectivity index (χ1) is 9.76. The maximum Gasteiger partial charge on any atom is 0.145 e. The molecule has 0 atom stereocenters. The van der Waals surface area contributed by atoms with Gasteiger partial charge in [0.15, 0.2) is 0 Å². The third-order valence-electron chi connectivity index (χ3n) is 2.88. The Bertz CT molecular complexity index is 615. The van der Waals surface area contributed by atoms with Crippen LogP contribution in [-0.4, -0.2) is 12.2 Å². The molecule has 102 valence electrons. The van der Waals surface area contributed by atoms with Gasteiger partial charge < -0.3 is 15.2 Å². The van der Waals surface area contributed by atoms with Gasteiger partial charge in [-0.2, -0.15) is 5.26 Å². The molecule has 2 aromatic rings. The van der Waals surface area contributed by atoms with Crippen LogP contribution in [0.2, 0.25) is 0 Å². The van der Waals surface area contributed by atoms with Gasteiger partial charge in [0.1, 0.15) is 17.6 Å². The van der Waals surface area contributed by atoms with E-state index in [0.29, 0.717) is 23.6 Å². The molecule has 0 bridgehead atoms. The first-order valence-corrected chi connectivity index (χ1v) is 6.32. The van der Waals surface area contributed by atoms with E-state index >= 15 is 0 Å². The average Bonchev–Trinajstić information content (AvgIpc) is 2.50. The molecule has 0 aliphatic carbocycles. The Hall–Kier alpha value is -2.35. The molecule has 0 unspecified atom stereocenters. The summed E-state index contributed by atoms with van der Waals surface area (Å²) in [4.78, 5) is 0. The lowest BCUT2D eigenvalue weighted by molar-refractivity contribution is 0.281. The van der Waals surface area contributed by atoms with Gasteiger partial charge in [0.2, 0.25) is 0 Å². The lowest BCUT2D eigenvalue weighted by atomic mass is 10.1. The van der Waals surface area contributed by atoms with Crippen molar-refractivity contribution in [1.29, 1.82) is 5.26 Å². The number of aliphatic hydroxyl groups excluding tert-OH is 1. The van der Waals surface area contributed by atoms with Gasteiger partial charge in [0.05, 0.1) is 12.2 Å². The van der Waals surface area contributed by atoms with Crippen LogP contribution in [0.5, 0.6) is 11.5 Å². The molecule has 0 aliphatic heterocycles. The van der Waals surface area contributed by atoms with Gasteiger partial charge in [-0.05, 0) is 42.4 Å². The number of hydrogen-bond donors (Lipinski definition) is 2. The minimum atomic E-state index is 0.00242. The van der Waals surface area contributed by atoms with E-state index in [4.69, 9.17) is 9.84 Å². The van der Waals surface area contributed by atoms with Gasteiger partial charge >= 0.3 is 0 Å². The Morgan fingerprint density at radius 3 is 2.45 bits per heavy atom. The van der Waals surface area contributed by atoms with Crippen LogP contribution in [0, 0.1) is 11.3 Å². The molecular weight excluding hydrogens is 252 g/mol. The van der Waals surface area contributed by atoms with E-state index in [1.807, 2.05) is 19.2 Å². The summed E-state index contributed by atoms with van der Waals surface area (Å²) in [6.45, 7) is 0.711. The second-order valence-electron chi connectivity index (χ2n) is 4.38. The number of benzene rings is 2. The molecule has 0 saturated carbocycles. The Balaban J connectivity index is 2.21. The van der Waals surface area contributed by atoms with Crippen molar-refractivity contribution < 1.29 is 9.84 Å². The fourth-order valence-corrected chi connectivity index (χ4v) is 1.86. The molecule has 2 rings (SSSR count). The molecule has 0 fully saturated rings. The predicted molar refractivity (Wildman–Crippen MR) is 76.4 cm³/mol. The van der Waals surface area contributed by atoms with Gasteiger partial charge in [-0.3, -0.25) is 0 Å². The molecule has 0 aliphatic rings. The molecule has 2 aromatic carbocycles. The molecule has 0 amide bonds. The Labute approximate surface area is 118 Å². The zero-order valence-corrected chi connectivity index (χ0v) is 11.3. The normalized spacial score (nSPS) is 10.1. The number of hydrogen-bond acceptors (Lipinski definition) is 4. The summed E-state index contributed by atoms with van der Waals surface area (Å²) in [5, 5.41) is 21.2. The van der Waals surface area contributed by atoms with Crippen molar-refractivity contribution in [3.63, 3.8) is 0 Å². The number of nitrogens with one attached hydrogen (secondary N) is 1. The summed E-state index contributed by atoms with van der Waals surface area (Å²) in [6, 6.07) is 14.8. The summed E-state index contributed by atoms with van der Waals surface area (Å²) >= 11 is 0. The number of rotatable bonds is 5. The van der Waals surface area contributed by atoms with Gasteiger partial charge in [-0.1, -0.05) is 18.2 Å². The summed E-state index contributed by atoms with van der Waals surface area (Å²) in [5.74, 6) is 1.17. The van der Waals surface area contributed by atoms with E-state index in [-0.39, 0.29) is 6.61 Å². The van der Waals surface area contributed by atoms with Gasteiger partial charge in [0.25, 0.3) is 0 Å². The van der Waals surface area contributed by atoms with E-state index in [9.17, 15) is 5.26 Å². The smallest absolute Gasteiger partial charge is 0.145 e. The lowest BCUT2D eigenvalue weighted by Crippen LogP contribution is -2.05. The quantitative estimate of drug-likeness (QED) is 0.874. The fraction of sp³-hybridized carbons (Fsp3) is 0.188. The summed E-state index contributed by atoms with van der Waals surface area (Å²) in [7, 11) is 1.86. The summed E-state index contributed by atoms with van der Waals surface area (Å²) < 4.78 is 5.71. The predicted octanol–water partition coefficient (Wildman–Crippen LogP) is 2.56. The zero-order chi connectivity index (χ0) is 14.4. The average molecular weight is 268 g/mol. The van der Waals surface area contributed by atoms with Crippen molar-refractivity contribution in [1.82, 2.24) is 5.32 Å². The first-order valence-electron chi connectivity index (χ1n) is 6.32. The first kappa shape index (κ1) is 14.1. The molecule has 4 nitrogen and oxygen atoms in total. The van der Waals surface area contributed by atoms with Gasteiger partial charge in [0, 0.05) is 6.54 Å². The van der Waals surface area contributed by atoms with Crippen LogP contribution in [0.4, 0.5) is 0 Å². The Kier molecular flexibility index (Phi) is 4.72. The third-order valence-corrected chi connectivity index (χ3v) is 2.88. The largest absolute Gasteiger partial charge is 0.456 e. The van der Waals surface area contributed by atoms with Crippen molar-refractivity contribution >= 4 is 0 Å². The van der Waals surface area contributed by atoms with Crippen LogP contribution in [-0.2, 0) is 13.2 Å². The Morgan fingerprint density at radius 2 is 1.85 bits per heavy atom. The van der Waals surface area contributed by atoms with Crippen LogP contribution in [0.25, 0.3) is 0 Å². The second kappa shape index (κ2) is 6.71. The number of nitriles is 1. The van der Waals surface area contributed by atoms with Crippen LogP contribution in [0.3, 0.4) is 0 Å². The van der Waals surface area contributed by atoms with Crippen molar-refractivity contribution in [2.24, 2.45) is 0 Å². The number of ether oxygens (including phenoxy) is 1. The minimum Gasteiger partial charge on any atom is -0.456 e. The molecule has 0 heterocycles. The lowest BCUT2D eigenvalue weighted by Gasteiger charge is -2.09. The van der Waals surface area contributed by atoms with Crippen LogP contribution >= 0.6 is 0 Å². The molecule has 0 spiro atoms. The molecule has 2 N–H and O–H groups in total. The van der Waals surface area contributed by atoms with Crippen molar-refractivity contribution in [3.8, 4) is 17.6 Å². The van der Waals surface area contributed by atoms with Crippen LogP contribution < -0.4 is 10.1 Å². The van der Waals surface area contributed by atoms with Crippen molar-refractivity contribution in [3.05, 3.63) is 59.2 Å². The fourth-order valence-electron chi connectivity index (χ4n) is 1.86. The number of aliphatic hydroxyl groups is 1. The number of nitrogens with zero attached hydrogens (tertiary/aromatic N) is 1. The molecule has 4 heteroatoms. The second-order valence-corrected chi connectivity index (χ2v) is 4.38. The molecule has 0 aromatic heterocycles. The van der Waals surface area contributed by atoms with Crippen LogP contribution in [0.15, 0.2) is 42.5 Å². The molecule has 20 heavy (non-hydrogen) atoms. The molecule has 0 saturated heterocycles. The SMILES string of the molecule is CNCc1ccc(Oc2ccc(CO)cc2)c(C#N)c1. The topological polar surface area (TPSA) is 65.3 Å². The van der Waals surface area contributed by atoms with E-state index < -0.39 is 0 Å². The van der Waals surface area contributed by atoms with Crippen molar-refractivity contribution in [2.75, 3.05) is 7.05 Å². The molecular formula is C16H16N2O2. The van der Waals surface area contributed by atoms with E-state index in [0.717, 1.165) is 11.1 Å². The summed E-state index contributed by atoms with van der Waals surface area (Å²) in [6.07, 6.45) is 0. The highest BCUT2D eigenvalue weighted by Crippen LogP contribution is 2.26. The van der Waals surface area contributed by atoms with E-state index in [1.165, 1.54) is 0 Å². The minimum absolute atomic E-state index is 0.00242.